The second kappa shape index (κ2) is 9.09. The minimum atomic E-state index is 0.178. The standard InChI is InChI=1S/C22H29N3OS/c1-16(2)26-20-11-9-19(10-12-20)24-22(27)23-13-6-14-25-17(3)15-18-7-4-5-8-21(18)25/h4-5,7-12,16-17H,6,13-15H2,1-3H3,(H2,23,24,27)/t17-/m0/s1. The van der Waals surface area contributed by atoms with Crippen LogP contribution in [0.5, 0.6) is 5.75 Å². The van der Waals surface area contributed by atoms with Crippen LogP contribution in [0.3, 0.4) is 0 Å². The van der Waals surface area contributed by atoms with E-state index in [9.17, 15) is 0 Å². The fourth-order valence-corrected chi connectivity index (χ4v) is 3.71. The highest BCUT2D eigenvalue weighted by molar-refractivity contribution is 7.80. The Hall–Kier alpha value is -2.27. The van der Waals surface area contributed by atoms with Gasteiger partial charge >= 0.3 is 0 Å². The molecule has 0 radical (unpaired) electrons. The lowest BCUT2D eigenvalue weighted by Gasteiger charge is -2.25. The first-order valence-electron chi connectivity index (χ1n) is 9.69. The number of thiocarbonyl (C=S) groups is 1. The maximum atomic E-state index is 5.66. The van der Waals surface area contributed by atoms with Crippen molar-refractivity contribution < 1.29 is 4.74 Å². The van der Waals surface area contributed by atoms with Crippen molar-refractivity contribution in [3.8, 4) is 5.75 Å². The SMILES string of the molecule is CC(C)Oc1ccc(NC(=S)NCCCN2c3ccccc3C[C@@H]2C)cc1. The third-order valence-corrected chi connectivity index (χ3v) is 4.94. The Bertz CT molecular complexity index is 760. The zero-order valence-corrected chi connectivity index (χ0v) is 17.2. The minimum Gasteiger partial charge on any atom is -0.491 e. The summed E-state index contributed by atoms with van der Waals surface area (Å²) in [6.07, 6.45) is 2.36. The first-order valence-corrected chi connectivity index (χ1v) is 10.1. The molecule has 0 aromatic heterocycles. The first-order chi connectivity index (χ1) is 13.0. The van der Waals surface area contributed by atoms with Gasteiger partial charge in [0.25, 0.3) is 0 Å². The summed E-state index contributed by atoms with van der Waals surface area (Å²) in [5.74, 6) is 0.870. The van der Waals surface area contributed by atoms with Gasteiger partial charge in [0.05, 0.1) is 6.10 Å². The lowest BCUT2D eigenvalue weighted by atomic mass is 10.1. The van der Waals surface area contributed by atoms with Crippen molar-refractivity contribution in [1.29, 1.82) is 0 Å². The monoisotopic (exact) mass is 383 g/mol. The molecule has 0 unspecified atom stereocenters. The Morgan fingerprint density at radius 1 is 1.19 bits per heavy atom. The smallest absolute Gasteiger partial charge is 0.170 e. The van der Waals surface area contributed by atoms with Crippen LogP contribution in [0, 0.1) is 0 Å². The molecule has 0 saturated carbocycles. The molecule has 0 spiro atoms. The second-order valence-corrected chi connectivity index (χ2v) is 7.71. The summed E-state index contributed by atoms with van der Waals surface area (Å²) in [6, 6.07) is 17.2. The second-order valence-electron chi connectivity index (χ2n) is 7.30. The van der Waals surface area contributed by atoms with Gasteiger partial charge < -0.3 is 20.3 Å². The molecule has 1 aliphatic rings. The number of anilines is 2. The van der Waals surface area contributed by atoms with E-state index < -0.39 is 0 Å². The van der Waals surface area contributed by atoms with E-state index in [4.69, 9.17) is 17.0 Å². The summed E-state index contributed by atoms with van der Waals surface area (Å²) in [7, 11) is 0. The van der Waals surface area contributed by atoms with E-state index in [-0.39, 0.29) is 6.10 Å². The average molecular weight is 384 g/mol. The van der Waals surface area contributed by atoms with Crippen molar-refractivity contribution in [2.24, 2.45) is 0 Å². The number of fused-ring (bicyclic) bond motifs is 1. The van der Waals surface area contributed by atoms with Gasteiger partial charge in [0, 0.05) is 30.5 Å². The molecule has 2 N–H and O–H groups in total. The predicted octanol–water partition coefficient (Wildman–Crippen LogP) is 4.60. The first kappa shape index (κ1) is 19.5. The number of rotatable bonds is 7. The van der Waals surface area contributed by atoms with E-state index in [2.05, 4.69) is 46.7 Å². The van der Waals surface area contributed by atoms with Crippen molar-refractivity contribution in [2.75, 3.05) is 23.3 Å². The molecule has 0 saturated heterocycles. The number of para-hydroxylation sites is 1. The molecule has 1 atom stereocenters. The molecule has 1 aliphatic heterocycles. The quantitative estimate of drug-likeness (QED) is 0.540. The molecule has 0 amide bonds. The summed E-state index contributed by atoms with van der Waals surface area (Å²) in [4.78, 5) is 2.50. The molecule has 4 nitrogen and oxygen atoms in total. The van der Waals surface area contributed by atoms with Crippen LogP contribution in [0.25, 0.3) is 0 Å². The van der Waals surface area contributed by atoms with Gasteiger partial charge in [-0.1, -0.05) is 18.2 Å². The third kappa shape index (κ3) is 5.36. The van der Waals surface area contributed by atoms with E-state index in [1.165, 1.54) is 11.3 Å². The van der Waals surface area contributed by atoms with Crippen LogP contribution in [0.15, 0.2) is 48.5 Å². The molecule has 27 heavy (non-hydrogen) atoms. The molecule has 0 bridgehead atoms. The van der Waals surface area contributed by atoms with E-state index in [0.717, 1.165) is 37.4 Å². The summed E-state index contributed by atoms with van der Waals surface area (Å²) in [6.45, 7) is 8.23. The highest BCUT2D eigenvalue weighted by Gasteiger charge is 2.24. The number of hydrogen-bond acceptors (Lipinski definition) is 3. The van der Waals surface area contributed by atoms with Crippen molar-refractivity contribution in [1.82, 2.24) is 5.32 Å². The van der Waals surface area contributed by atoms with Crippen LogP contribution < -0.4 is 20.3 Å². The van der Waals surface area contributed by atoms with Crippen LogP contribution in [0.4, 0.5) is 11.4 Å². The van der Waals surface area contributed by atoms with Gasteiger partial charge in [-0.3, -0.25) is 0 Å². The molecule has 0 fully saturated rings. The number of nitrogens with zero attached hydrogens (tertiary/aromatic N) is 1. The average Bonchev–Trinajstić information content (AvgIpc) is 2.95. The van der Waals surface area contributed by atoms with Crippen molar-refractivity contribution in [3.05, 3.63) is 54.1 Å². The fourth-order valence-electron chi connectivity index (χ4n) is 3.49. The van der Waals surface area contributed by atoms with Gasteiger partial charge in [0.15, 0.2) is 5.11 Å². The van der Waals surface area contributed by atoms with Crippen LogP contribution in [0.1, 0.15) is 32.8 Å². The van der Waals surface area contributed by atoms with E-state index in [1.54, 1.807) is 0 Å². The lowest BCUT2D eigenvalue weighted by molar-refractivity contribution is 0.242. The molecule has 144 valence electrons. The van der Waals surface area contributed by atoms with E-state index in [1.807, 2.05) is 38.1 Å². The largest absolute Gasteiger partial charge is 0.491 e. The van der Waals surface area contributed by atoms with Crippen LogP contribution in [-0.2, 0) is 6.42 Å². The van der Waals surface area contributed by atoms with Gasteiger partial charge in [0.2, 0.25) is 0 Å². The van der Waals surface area contributed by atoms with Gasteiger partial charge in [-0.2, -0.15) is 0 Å². The van der Waals surface area contributed by atoms with Gasteiger partial charge in [-0.15, -0.1) is 0 Å². The fraction of sp³-hybridized carbons (Fsp3) is 0.409. The van der Waals surface area contributed by atoms with Gasteiger partial charge in [-0.05, 0) is 81.7 Å². The lowest BCUT2D eigenvalue weighted by Crippen LogP contribution is -2.34. The Morgan fingerprint density at radius 3 is 2.67 bits per heavy atom. The van der Waals surface area contributed by atoms with Gasteiger partial charge in [-0.25, -0.2) is 0 Å². The molecular weight excluding hydrogens is 354 g/mol. The maximum absolute atomic E-state index is 5.66. The van der Waals surface area contributed by atoms with E-state index in [0.29, 0.717) is 11.2 Å². The topological polar surface area (TPSA) is 36.5 Å². The number of benzene rings is 2. The molecule has 5 heteroatoms. The molecular formula is C22H29N3OS. The Morgan fingerprint density at radius 2 is 1.93 bits per heavy atom. The van der Waals surface area contributed by atoms with Crippen LogP contribution in [-0.4, -0.2) is 30.3 Å². The summed E-state index contributed by atoms with van der Waals surface area (Å²) >= 11 is 5.41. The molecule has 0 aliphatic carbocycles. The Balaban J connectivity index is 1.40. The van der Waals surface area contributed by atoms with Gasteiger partial charge in [0.1, 0.15) is 5.75 Å². The highest BCUT2D eigenvalue weighted by Crippen LogP contribution is 2.31. The van der Waals surface area contributed by atoms with Crippen molar-refractivity contribution in [2.45, 2.75) is 45.8 Å². The molecule has 1 heterocycles. The number of hydrogen-bond donors (Lipinski definition) is 2. The zero-order valence-electron chi connectivity index (χ0n) is 16.4. The van der Waals surface area contributed by atoms with Crippen molar-refractivity contribution in [3.63, 3.8) is 0 Å². The van der Waals surface area contributed by atoms with E-state index >= 15 is 0 Å². The zero-order chi connectivity index (χ0) is 19.2. The minimum absolute atomic E-state index is 0.178. The predicted molar refractivity (Wildman–Crippen MR) is 118 cm³/mol. The molecule has 2 aromatic rings. The van der Waals surface area contributed by atoms with Crippen LogP contribution in [0.2, 0.25) is 0 Å². The maximum Gasteiger partial charge on any atom is 0.170 e. The highest BCUT2D eigenvalue weighted by atomic mass is 32.1. The Labute approximate surface area is 167 Å². The Kier molecular flexibility index (Phi) is 6.56. The number of ether oxygens (including phenoxy) is 1. The summed E-state index contributed by atoms with van der Waals surface area (Å²) in [5, 5.41) is 7.18. The normalized spacial score (nSPS) is 15.6. The number of nitrogens with one attached hydrogen (secondary N) is 2. The third-order valence-electron chi connectivity index (χ3n) is 4.69. The molecule has 3 rings (SSSR count). The molecule has 2 aromatic carbocycles. The van der Waals surface area contributed by atoms with Crippen molar-refractivity contribution >= 4 is 28.7 Å². The summed E-state index contributed by atoms with van der Waals surface area (Å²) in [5.41, 5.74) is 3.81. The van der Waals surface area contributed by atoms with Crippen LogP contribution >= 0.6 is 12.2 Å². The summed E-state index contributed by atoms with van der Waals surface area (Å²) < 4.78 is 5.66.